The first-order valence-electron chi connectivity index (χ1n) is 5.03. The number of benzene rings is 1. The van der Waals surface area contributed by atoms with E-state index in [9.17, 15) is 9.59 Å². The number of likely N-dealkylation sites (N-methyl/N-ethyl adjacent to an activating group) is 1. The third-order valence-electron chi connectivity index (χ3n) is 2.19. The van der Waals surface area contributed by atoms with Crippen LogP contribution in [-0.2, 0) is 16.1 Å². The van der Waals surface area contributed by atoms with Crippen molar-refractivity contribution in [2.45, 2.75) is 6.54 Å². The molecule has 0 unspecified atom stereocenters. The number of carboxylic acids is 1. The summed E-state index contributed by atoms with van der Waals surface area (Å²) in [5, 5.41) is 18.0. The van der Waals surface area contributed by atoms with Crippen LogP contribution in [0.2, 0.25) is 5.02 Å². The lowest BCUT2D eigenvalue weighted by Gasteiger charge is -2.15. The highest BCUT2D eigenvalue weighted by molar-refractivity contribution is 6.30. The average Bonchev–Trinajstić information content (AvgIpc) is 2.31. The number of nitrogens with zero attached hydrogens (tertiary/aromatic N) is 1. The van der Waals surface area contributed by atoms with Gasteiger partial charge in [-0.15, -0.1) is 0 Å². The number of aliphatic hydroxyl groups excluding tert-OH is 1. The number of carbonyl (C=O) groups is 2. The number of aliphatic carboxylic acids is 1. The van der Waals surface area contributed by atoms with Crippen LogP contribution in [0.3, 0.4) is 0 Å². The van der Waals surface area contributed by atoms with E-state index in [0.29, 0.717) is 17.6 Å². The van der Waals surface area contributed by atoms with Crippen LogP contribution in [0.25, 0.3) is 0 Å². The second-order valence-electron chi connectivity index (χ2n) is 3.66. The largest absolute Gasteiger partial charge is 0.502 e. The van der Waals surface area contributed by atoms with Crippen molar-refractivity contribution in [2.24, 2.45) is 0 Å². The summed E-state index contributed by atoms with van der Waals surface area (Å²) in [5.41, 5.74) is 0.846. The minimum Gasteiger partial charge on any atom is -0.502 e. The molecule has 0 fully saturated rings. The molecule has 6 heteroatoms. The van der Waals surface area contributed by atoms with Crippen molar-refractivity contribution in [3.05, 3.63) is 46.7 Å². The molecule has 1 aromatic rings. The molecular formula is C12H12ClNO4. The number of carbonyl (C=O) groups excluding carboxylic acids is 1. The Morgan fingerprint density at radius 1 is 1.28 bits per heavy atom. The molecule has 0 aliphatic rings. The zero-order valence-electron chi connectivity index (χ0n) is 9.63. The fraction of sp³-hybridized carbons (Fsp3) is 0.167. The topological polar surface area (TPSA) is 77.8 Å². The molecule has 0 atom stereocenters. The average molecular weight is 270 g/mol. The number of aliphatic hydroxyl groups is 1. The van der Waals surface area contributed by atoms with Crippen molar-refractivity contribution in [3.8, 4) is 0 Å². The van der Waals surface area contributed by atoms with Gasteiger partial charge in [0, 0.05) is 18.6 Å². The minimum atomic E-state index is -1.54. The minimum absolute atomic E-state index is 0.291. The molecule has 5 nitrogen and oxygen atoms in total. The van der Waals surface area contributed by atoms with Gasteiger partial charge in [0.2, 0.25) is 5.76 Å². The van der Waals surface area contributed by atoms with Gasteiger partial charge in [-0.1, -0.05) is 23.7 Å². The molecule has 1 rings (SSSR count). The SMILES string of the molecule is CN(Cc1ccc(Cl)cc1)C(=O)/C=C(\O)C(=O)O. The van der Waals surface area contributed by atoms with Crippen molar-refractivity contribution in [1.82, 2.24) is 4.90 Å². The van der Waals surface area contributed by atoms with Crippen LogP contribution in [0.5, 0.6) is 0 Å². The summed E-state index contributed by atoms with van der Waals surface area (Å²) in [7, 11) is 1.50. The molecular weight excluding hydrogens is 258 g/mol. The lowest BCUT2D eigenvalue weighted by Crippen LogP contribution is -2.25. The Morgan fingerprint density at radius 3 is 2.33 bits per heavy atom. The van der Waals surface area contributed by atoms with Gasteiger partial charge in [0.1, 0.15) is 0 Å². The normalized spacial score (nSPS) is 11.1. The molecule has 0 aliphatic carbocycles. The van der Waals surface area contributed by atoms with E-state index in [1.807, 2.05) is 0 Å². The van der Waals surface area contributed by atoms with Crippen molar-refractivity contribution >= 4 is 23.5 Å². The predicted octanol–water partition coefficient (Wildman–Crippen LogP) is 1.82. The van der Waals surface area contributed by atoms with Gasteiger partial charge in [-0.25, -0.2) is 4.79 Å². The maximum Gasteiger partial charge on any atom is 0.371 e. The highest BCUT2D eigenvalue weighted by Crippen LogP contribution is 2.11. The van der Waals surface area contributed by atoms with Crippen LogP contribution in [0.4, 0.5) is 0 Å². The molecule has 18 heavy (non-hydrogen) atoms. The molecule has 0 spiro atoms. The van der Waals surface area contributed by atoms with Crippen LogP contribution < -0.4 is 0 Å². The molecule has 2 N–H and O–H groups in total. The van der Waals surface area contributed by atoms with E-state index in [1.165, 1.54) is 11.9 Å². The van der Waals surface area contributed by atoms with Crippen molar-refractivity contribution in [3.63, 3.8) is 0 Å². The lowest BCUT2D eigenvalue weighted by molar-refractivity contribution is -0.136. The summed E-state index contributed by atoms with van der Waals surface area (Å²) < 4.78 is 0. The summed E-state index contributed by atoms with van der Waals surface area (Å²) in [4.78, 5) is 23.2. The fourth-order valence-electron chi connectivity index (χ4n) is 1.23. The van der Waals surface area contributed by atoms with Gasteiger partial charge in [-0.3, -0.25) is 4.79 Å². The molecule has 96 valence electrons. The first-order chi connectivity index (χ1) is 8.40. The molecule has 1 aromatic carbocycles. The van der Waals surface area contributed by atoms with E-state index in [1.54, 1.807) is 24.3 Å². The highest BCUT2D eigenvalue weighted by atomic mass is 35.5. The first kappa shape index (κ1) is 14.1. The fourth-order valence-corrected chi connectivity index (χ4v) is 1.36. The third-order valence-corrected chi connectivity index (χ3v) is 2.44. The van der Waals surface area contributed by atoms with E-state index in [4.69, 9.17) is 21.8 Å². The first-order valence-corrected chi connectivity index (χ1v) is 5.41. The number of hydrogen-bond acceptors (Lipinski definition) is 3. The molecule has 0 saturated heterocycles. The Kier molecular flexibility index (Phi) is 4.74. The number of hydrogen-bond donors (Lipinski definition) is 2. The van der Waals surface area contributed by atoms with Crippen LogP contribution in [-0.4, -0.2) is 34.0 Å². The second-order valence-corrected chi connectivity index (χ2v) is 4.09. The van der Waals surface area contributed by atoms with Crippen molar-refractivity contribution in [1.29, 1.82) is 0 Å². The monoisotopic (exact) mass is 269 g/mol. The molecule has 0 aliphatic heterocycles. The zero-order valence-corrected chi connectivity index (χ0v) is 10.4. The quantitative estimate of drug-likeness (QED) is 0.646. The molecule has 0 heterocycles. The van der Waals surface area contributed by atoms with E-state index in [-0.39, 0.29) is 0 Å². The number of halogens is 1. The molecule has 0 saturated carbocycles. The predicted molar refractivity (Wildman–Crippen MR) is 66.3 cm³/mol. The van der Waals surface area contributed by atoms with E-state index < -0.39 is 17.6 Å². The van der Waals surface area contributed by atoms with Crippen LogP contribution in [0.15, 0.2) is 36.1 Å². The van der Waals surface area contributed by atoms with Gasteiger partial charge < -0.3 is 15.1 Å². The molecule has 0 aromatic heterocycles. The Bertz CT molecular complexity index is 481. The van der Waals surface area contributed by atoms with Crippen LogP contribution in [0.1, 0.15) is 5.56 Å². The molecule has 0 bridgehead atoms. The maximum absolute atomic E-state index is 11.5. The van der Waals surface area contributed by atoms with E-state index in [0.717, 1.165) is 5.56 Å². The number of carboxylic acid groups (broad SMARTS) is 1. The standard InChI is InChI=1S/C12H12ClNO4/c1-14(11(16)6-10(15)12(17)18)7-8-2-4-9(13)5-3-8/h2-6,15H,7H2,1H3,(H,17,18)/b10-6-. The Morgan fingerprint density at radius 2 is 1.83 bits per heavy atom. The van der Waals surface area contributed by atoms with Gasteiger partial charge in [-0.05, 0) is 17.7 Å². The Balaban J connectivity index is 2.68. The third kappa shape index (κ3) is 4.10. The summed E-state index contributed by atoms with van der Waals surface area (Å²) in [5.74, 6) is -3.11. The van der Waals surface area contributed by atoms with Gasteiger partial charge >= 0.3 is 5.97 Å². The van der Waals surface area contributed by atoms with Gasteiger partial charge in [-0.2, -0.15) is 0 Å². The lowest BCUT2D eigenvalue weighted by atomic mass is 10.2. The van der Waals surface area contributed by atoms with E-state index in [2.05, 4.69) is 0 Å². The summed E-state index contributed by atoms with van der Waals surface area (Å²) in [6, 6.07) is 6.90. The zero-order chi connectivity index (χ0) is 13.7. The van der Waals surface area contributed by atoms with Gasteiger partial charge in [0.15, 0.2) is 0 Å². The van der Waals surface area contributed by atoms with Gasteiger partial charge in [0.05, 0.1) is 6.08 Å². The van der Waals surface area contributed by atoms with Gasteiger partial charge in [0.25, 0.3) is 5.91 Å². The highest BCUT2D eigenvalue weighted by Gasteiger charge is 2.11. The summed E-state index contributed by atoms with van der Waals surface area (Å²) in [6.45, 7) is 0.291. The molecule has 0 radical (unpaired) electrons. The summed E-state index contributed by atoms with van der Waals surface area (Å²) in [6.07, 6.45) is 0.665. The van der Waals surface area contributed by atoms with Crippen LogP contribution >= 0.6 is 11.6 Å². The summed E-state index contributed by atoms with van der Waals surface area (Å²) >= 11 is 5.73. The Hall–Kier alpha value is -2.01. The van der Waals surface area contributed by atoms with E-state index >= 15 is 0 Å². The smallest absolute Gasteiger partial charge is 0.371 e. The molecule has 1 amide bonds. The Labute approximate surface area is 109 Å². The number of amides is 1. The van der Waals surface area contributed by atoms with Crippen molar-refractivity contribution in [2.75, 3.05) is 7.05 Å². The van der Waals surface area contributed by atoms with Crippen LogP contribution in [0, 0.1) is 0 Å². The second kappa shape index (κ2) is 6.07. The maximum atomic E-state index is 11.5. The number of rotatable bonds is 4. The van der Waals surface area contributed by atoms with Crippen molar-refractivity contribution < 1.29 is 19.8 Å².